The van der Waals surface area contributed by atoms with E-state index in [0.717, 1.165) is 23.8 Å². The zero-order valence-corrected chi connectivity index (χ0v) is 19.7. The van der Waals surface area contributed by atoms with E-state index in [1.807, 2.05) is 12.1 Å². The molecule has 7 atom stereocenters. The lowest BCUT2D eigenvalue weighted by atomic mass is 9.44. The van der Waals surface area contributed by atoms with Gasteiger partial charge in [0.2, 0.25) is 0 Å². The molecule has 3 saturated carbocycles. The SMILES string of the molecule is C[C@@]12CCC[C@H]1[C@@H]1CCC3=CCC(O)C(c4ccc(Cl)c(OCCO)c4)[C@]3(C)[C@@H]1CC2. The molecule has 3 nitrogen and oxygen atoms in total. The van der Waals surface area contributed by atoms with Crippen molar-refractivity contribution in [1.29, 1.82) is 0 Å². The third-order valence-electron chi connectivity index (χ3n) is 9.73. The second kappa shape index (κ2) is 8.08. The van der Waals surface area contributed by atoms with Crippen LogP contribution in [0.4, 0.5) is 0 Å². The van der Waals surface area contributed by atoms with Crippen LogP contribution >= 0.6 is 11.6 Å². The Morgan fingerprint density at radius 3 is 2.77 bits per heavy atom. The van der Waals surface area contributed by atoms with Crippen LogP contribution in [-0.4, -0.2) is 29.5 Å². The predicted molar refractivity (Wildman–Crippen MR) is 124 cm³/mol. The summed E-state index contributed by atoms with van der Waals surface area (Å²) in [7, 11) is 0. The first-order valence-corrected chi connectivity index (χ1v) is 12.7. The van der Waals surface area contributed by atoms with E-state index in [-0.39, 0.29) is 24.5 Å². The van der Waals surface area contributed by atoms with Gasteiger partial charge in [0.1, 0.15) is 12.4 Å². The maximum Gasteiger partial charge on any atom is 0.138 e. The average Bonchev–Trinajstić information content (AvgIpc) is 3.15. The Balaban J connectivity index is 1.55. The highest BCUT2D eigenvalue weighted by molar-refractivity contribution is 6.32. The van der Waals surface area contributed by atoms with Crippen LogP contribution in [0.2, 0.25) is 5.02 Å². The molecule has 0 saturated heterocycles. The molecule has 4 aliphatic rings. The van der Waals surface area contributed by atoms with E-state index in [9.17, 15) is 10.2 Å². The van der Waals surface area contributed by atoms with E-state index in [0.29, 0.717) is 22.1 Å². The number of aliphatic hydroxyl groups excluding tert-OH is 2. The lowest BCUT2D eigenvalue weighted by Gasteiger charge is -2.60. The summed E-state index contributed by atoms with van der Waals surface area (Å²) in [5, 5.41) is 21.1. The average molecular weight is 445 g/mol. The fourth-order valence-electron chi connectivity index (χ4n) is 8.36. The Labute approximate surface area is 191 Å². The molecule has 0 amide bonds. The second-order valence-electron chi connectivity index (χ2n) is 11.1. The molecule has 3 fully saturated rings. The first kappa shape index (κ1) is 21.8. The van der Waals surface area contributed by atoms with Crippen molar-refractivity contribution in [3.8, 4) is 5.75 Å². The maximum absolute atomic E-state index is 11.3. The van der Waals surface area contributed by atoms with Gasteiger partial charge in [0.15, 0.2) is 0 Å². The van der Waals surface area contributed by atoms with Crippen LogP contribution in [0.25, 0.3) is 0 Å². The summed E-state index contributed by atoms with van der Waals surface area (Å²) in [6.45, 7) is 5.18. The van der Waals surface area contributed by atoms with Crippen molar-refractivity contribution in [2.24, 2.45) is 28.6 Å². The van der Waals surface area contributed by atoms with E-state index in [1.165, 1.54) is 44.9 Å². The van der Waals surface area contributed by atoms with Crippen LogP contribution in [0.3, 0.4) is 0 Å². The van der Waals surface area contributed by atoms with E-state index >= 15 is 0 Å². The molecule has 170 valence electrons. The highest BCUT2D eigenvalue weighted by Gasteiger charge is 2.59. The van der Waals surface area contributed by atoms with Crippen LogP contribution in [-0.2, 0) is 0 Å². The second-order valence-corrected chi connectivity index (χ2v) is 11.5. The molecule has 5 rings (SSSR count). The molecular formula is C27H37ClO3. The summed E-state index contributed by atoms with van der Waals surface area (Å²) in [6.07, 6.45) is 12.0. The van der Waals surface area contributed by atoms with Crippen molar-refractivity contribution >= 4 is 11.6 Å². The molecule has 31 heavy (non-hydrogen) atoms. The lowest BCUT2D eigenvalue weighted by molar-refractivity contribution is -0.0640. The number of benzene rings is 1. The molecular weight excluding hydrogens is 408 g/mol. The first-order chi connectivity index (χ1) is 14.9. The summed E-state index contributed by atoms with van der Waals surface area (Å²) in [4.78, 5) is 0. The van der Waals surface area contributed by atoms with Crippen molar-refractivity contribution in [1.82, 2.24) is 0 Å². The van der Waals surface area contributed by atoms with Gasteiger partial charge < -0.3 is 14.9 Å². The number of halogens is 1. The summed E-state index contributed by atoms with van der Waals surface area (Å²) in [6, 6.07) is 6.00. The van der Waals surface area contributed by atoms with Gasteiger partial charge in [0.25, 0.3) is 0 Å². The first-order valence-electron chi connectivity index (χ1n) is 12.3. The quantitative estimate of drug-likeness (QED) is 0.550. The van der Waals surface area contributed by atoms with Gasteiger partial charge in [0, 0.05) is 11.3 Å². The van der Waals surface area contributed by atoms with Gasteiger partial charge in [-0.3, -0.25) is 0 Å². The monoisotopic (exact) mass is 444 g/mol. The van der Waals surface area contributed by atoms with Crippen LogP contribution in [0, 0.1) is 28.6 Å². The summed E-state index contributed by atoms with van der Waals surface area (Å²) in [5.41, 5.74) is 3.21. The van der Waals surface area contributed by atoms with Crippen molar-refractivity contribution in [2.45, 2.75) is 77.2 Å². The van der Waals surface area contributed by atoms with Gasteiger partial charge in [-0.25, -0.2) is 0 Å². The minimum Gasteiger partial charge on any atom is -0.490 e. The highest BCUT2D eigenvalue weighted by Crippen LogP contribution is 2.68. The number of fused-ring (bicyclic) bond motifs is 5. The van der Waals surface area contributed by atoms with E-state index in [2.05, 4.69) is 26.0 Å². The molecule has 0 aliphatic heterocycles. The number of hydrogen-bond acceptors (Lipinski definition) is 3. The molecule has 4 aliphatic carbocycles. The molecule has 4 heteroatoms. The normalized spacial score (nSPS) is 41.7. The fourth-order valence-corrected chi connectivity index (χ4v) is 8.53. The number of hydrogen-bond donors (Lipinski definition) is 2. The zero-order valence-electron chi connectivity index (χ0n) is 18.9. The van der Waals surface area contributed by atoms with Gasteiger partial charge in [-0.2, -0.15) is 0 Å². The number of rotatable bonds is 4. The van der Waals surface area contributed by atoms with Crippen LogP contribution in [0.15, 0.2) is 29.8 Å². The minimum atomic E-state index is -0.392. The number of aliphatic hydroxyl groups is 2. The molecule has 0 heterocycles. The Bertz CT molecular complexity index is 866. The Hall–Kier alpha value is -1.03. The molecule has 1 aromatic carbocycles. The van der Waals surface area contributed by atoms with Gasteiger partial charge in [-0.05, 0) is 85.8 Å². The zero-order chi connectivity index (χ0) is 21.8. The molecule has 2 unspecified atom stereocenters. The van der Waals surface area contributed by atoms with Gasteiger partial charge in [-0.1, -0.05) is 49.6 Å². The van der Waals surface area contributed by atoms with Crippen LogP contribution in [0.1, 0.15) is 76.7 Å². The van der Waals surface area contributed by atoms with E-state index < -0.39 is 6.10 Å². The smallest absolute Gasteiger partial charge is 0.138 e. The fraction of sp³-hybridized carbons (Fsp3) is 0.704. The van der Waals surface area contributed by atoms with Gasteiger partial charge >= 0.3 is 0 Å². The number of allylic oxidation sites excluding steroid dienone is 1. The Morgan fingerprint density at radius 1 is 1.13 bits per heavy atom. The van der Waals surface area contributed by atoms with Crippen LogP contribution < -0.4 is 4.74 Å². The van der Waals surface area contributed by atoms with Gasteiger partial charge in [-0.15, -0.1) is 0 Å². The molecule has 0 radical (unpaired) electrons. The topological polar surface area (TPSA) is 49.7 Å². The van der Waals surface area contributed by atoms with E-state index in [4.69, 9.17) is 16.3 Å². The minimum absolute atomic E-state index is 0.0212. The molecule has 2 N–H and O–H groups in total. The van der Waals surface area contributed by atoms with Crippen LogP contribution in [0.5, 0.6) is 5.75 Å². The van der Waals surface area contributed by atoms with E-state index in [1.54, 1.807) is 5.57 Å². The van der Waals surface area contributed by atoms with Crippen molar-refractivity contribution in [2.75, 3.05) is 13.2 Å². The third kappa shape index (κ3) is 3.38. The molecule has 0 bridgehead atoms. The molecule has 1 aromatic rings. The standard InChI is InChI=1S/C27H37ClO3/c1-26-12-3-4-20(26)19-8-6-18-7-10-23(30)25(27(18,2)21(19)11-13-26)17-5-9-22(28)24(16-17)31-15-14-29/h5,7,9,16,19-21,23,25,29-30H,3-4,6,8,10-15H2,1-2H3/t19-,20-,21+,23?,25?,26-,27-/m0/s1. The highest BCUT2D eigenvalue weighted by atomic mass is 35.5. The van der Waals surface area contributed by atoms with Crippen molar-refractivity contribution in [3.05, 3.63) is 40.4 Å². The largest absolute Gasteiger partial charge is 0.490 e. The van der Waals surface area contributed by atoms with Crippen molar-refractivity contribution in [3.63, 3.8) is 0 Å². The van der Waals surface area contributed by atoms with Gasteiger partial charge in [0.05, 0.1) is 17.7 Å². The lowest BCUT2D eigenvalue weighted by Crippen LogP contribution is -2.53. The molecule has 0 spiro atoms. The number of ether oxygens (including phenoxy) is 1. The molecule has 0 aromatic heterocycles. The maximum atomic E-state index is 11.3. The summed E-state index contributed by atoms with van der Waals surface area (Å²) >= 11 is 6.39. The van der Waals surface area contributed by atoms with Crippen molar-refractivity contribution < 1.29 is 14.9 Å². The summed E-state index contributed by atoms with van der Waals surface area (Å²) < 4.78 is 5.72. The Kier molecular flexibility index (Phi) is 5.68. The predicted octanol–water partition coefficient (Wildman–Crippen LogP) is 6.12. The summed E-state index contributed by atoms with van der Waals surface area (Å²) in [5.74, 6) is 2.91. The third-order valence-corrected chi connectivity index (χ3v) is 10.0. The Morgan fingerprint density at radius 2 is 1.97 bits per heavy atom.